The normalized spacial score (nSPS) is 10.9. The zero-order valence-electron chi connectivity index (χ0n) is 21.4. The van der Waals surface area contributed by atoms with E-state index in [1.165, 1.54) is 11.8 Å². The van der Waals surface area contributed by atoms with Crippen molar-refractivity contribution in [2.45, 2.75) is 11.8 Å². The zero-order valence-corrected chi connectivity index (χ0v) is 22.2. The Morgan fingerprint density at radius 1 is 0.769 bits per heavy atom. The summed E-state index contributed by atoms with van der Waals surface area (Å²) < 4.78 is 5.49. The molecule has 0 aliphatic heterocycles. The van der Waals surface area contributed by atoms with Gasteiger partial charge in [-0.2, -0.15) is 0 Å². The van der Waals surface area contributed by atoms with Crippen molar-refractivity contribution in [1.82, 2.24) is 5.32 Å². The molecule has 4 aromatic carbocycles. The predicted octanol–water partition coefficient (Wildman–Crippen LogP) is 6.47. The summed E-state index contributed by atoms with van der Waals surface area (Å²) in [4.78, 5) is 39.3. The second-order valence-electron chi connectivity index (χ2n) is 8.44. The van der Waals surface area contributed by atoms with E-state index in [2.05, 4.69) is 10.6 Å². The van der Waals surface area contributed by atoms with E-state index >= 15 is 0 Å². The Morgan fingerprint density at radius 2 is 1.38 bits per heavy atom. The summed E-state index contributed by atoms with van der Waals surface area (Å²) in [5.74, 6) is 0.232. The van der Waals surface area contributed by atoms with Crippen LogP contribution in [-0.4, -0.2) is 30.0 Å². The highest BCUT2D eigenvalue weighted by Crippen LogP contribution is 2.22. The first-order valence-corrected chi connectivity index (χ1v) is 13.4. The van der Waals surface area contributed by atoms with Crippen LogP contribution in [0.15, 0.2) is 120 Å². The molecule has 0 aliphatic carbocycles. The number of carbonyl (C=O) groups is 3. The fourth-order valence-corrected chi connectivity index (χ4v) is 4.42. The third-order valence-corrected chi connectivity index (χ3v) is 6.62. The molecule has 0 spiro atoms. The van der Waals surface area contributed by atoms with E-state index in [4.69, 9.17) is 4.74 Å². The van der Waals surface area contributed by atoms with Gasteiger partial charge >= 0.3 is 0 Å². The van der Waals surface area contributed by atoms with Crippen molar-refractivity contribution in [2.24, 2.45) is 0 Å². The average Bonchev–Trinajstić information content (AvgIpc) is 2.98. The maximum absolute atomic E-state index is 13.2. The molecule has 39 heavy (non-hydrogen) atoms. The second kappa shape index (κ2) is 13.8. The first kappa shape index (κ1) is 27.4. The third-order valence-electron chi connectivity index (χ3n) is 5.61. The Bertz CT molecular complexity index is 1440. The average molecular weight is 537 g/mol. The molecular formula is C32H28N2O4S. The van der Waals surface area contributed by atoms with Crippen molar-refractivity contribution in [3.05, 3.63) is 132 Å². The van der Waals surface area contributed by atoms with Crippen LogP contribution < -0.4 is 15.4 Å². The second-order valence-corrected chi connectivity index (χ2v) is 9.49. The minimum Gasteiger partial charge on any atom is -0.494 e. The molecule has 0 heterocycles. The van der Waals surface area contributed by atoms with Crippen LogP contribution in [0.4, 0.5) is 5.69 Å². The van der Waals surface area contributed by atoms with Gasteiger partial charge in [-0.3, -0.25) is 14.4 Å². The lowest BCUT2D eigenvalue weighted by Crippen LogP contribution is -2.30. The van der Waals surface area contributed by atoms with Crippen LogP contribution in [0.1, 0.15) is 33.2 Å². The number of anilines is 1. The minimum atomic E-state index is -0.465. The van der Waals surface area contributed by atoms with Gasteiger partial charge in [-0.15, -0.1) is 11.8 Å². The number of hydrogen-bond acceptors (Lipinski definition) is 5. The number of rotatable bonds is 11. The minimum absolute atomic E-state index is 0.0520. The molecule has 6 nitrogen and oxygen atoms in total. The van der Waals surface area contributed by atoms with Gasteiger partial charge in [0, 0.05) is 21.7 Å². The number of ether oxygens (including phenoxy) is 1. The van der Waals surface area contributed by atoms with Crippen LogP contribution in [0.2, 0.25) is 0 Å². The molecule has 4 rings (SSSR count). The van der Waals surface area contributed by atoms with E-state index in [1.54, 1.807) is 54.6 Å². The Balaban J connectivity index is 1.45. The van der Waals surface area contributed by atoms with Gasteiger partial charge in [0.05, 0.1) is 12.4 Å². The van der Waals surface area contributed by atoms with Gasteiger partial charge in [0.25, 0.3) is 11.8 Å². The van der Waals surface area contributed by atoms with Gasteiger partial charge in [-0.05, 0) is 67.1 Å². The molecule has 0 saturated heterocycles. The number of hydrogen-bond donors (Lipinski definition) is 2. The molecule has 4 aromatic rings. The maximum atomic E-state index is 13.2. The van der Waals surface area contributed by atoms with Crippen molar-refractivity contribution in [3.63, 3.8) is 0 Å². The molecule has 0 saturated carbocycles. The number of Topliss-reactive ketones (excluding diaryl/α,β-unsaturated/α-hetero) is 1. The van der Waals surface area contributed by atoms with Crippen LogP contribution in [0.3, 0.4) is 0 Å². The number of ketones is 1. The smallest absolute Gasteiger partial charge is 0.272 e. The molecule has 196 valence electrons. The third kappa shape index (κ3) is 8.18. The van der Waals surface area contributed by atoms with Gasteiger partial charge in [-0.25, -0.2) is 0 Å². The predicted molar refractivity (Wildman–Crippen MR) is 156 cm³/mol. The number of amides is 2. The zero-order chi connectivity index (χ0) is 27.5. The molecule has 0 radical (unpaired) electrons. The summed E-state index contributed by atoms with van der Waals surface area (Å²) in [6, 6.07) is 32.3. The molecule has 0 aliphatic rings. The first-order valence-electron chi connectivity index (χ1n) is 12.5. The number of benzene rings is 4. The van der Waals surface area contributed by atoms with E-state index in [-0.39, 0.29) is 11.5 Å². The van der Waals surface area contributed by atoms with Gasteiger partial charge in [0.15, 0.2) is 5.78 Å². The van der Waals surface area contributed by atoms with Gasteiger partial charge in [0.1, 0.15) is 11.4 Å². The summed E-state index contributed by atoms with van der Waals surface area (Å²) in [6.45, 7) is 2.46. The summed E-state index contributed by atoms with van der Waals surface area (Å²) in [5, 5.41) is 5.58. The van der Waals surface area contributed by atoms with Crippen LogP contribution in [0, 0.1) is 0 Å². The summed E-state index contributed by atoms with van der Waals surface area (Å²) in [7, 11) is 0. The lowest BCUT2D eigenvalue weighted by atomic mass is 10.1. The van der Waals surface area contributed by atoms with Crippen LogP contribution in [-0.2, 0) is 4.79 Å². The lowest BCUT2D eigenvalue weighted by molar-refractivity contribution is -0.113. The first-order chi connectivity index (χ1) is 19.0. The summed E-state index contributed by atoms with van der Waals surface area (Å²) >= 11 is 1.43. The SMILES string of the molecule is CCOc1ccc(/C=C(\NC(=O)c2ccccc2)C(=O)Nc2ccc(SCC(=O)c3ccccc3)cc2)cc1. The van der Waals surface area contributed by atoms with E-state index in [1.807, 2.05) is 67.6 Å². The molecule has 0 fully saturated rings. The quantitative estimate of drug-likeness (QED) is 0.130. The molecule has 0 unspecified atom stereocenters. The molecule has 2 N–H and O–H groups in total. The molecule has 2 amide bonds. The van der Waals surface area contributed by atoms with Crippen molar-refractivity contribution in [3.8, 4) is 5.75 Å². The Morgan fingerprint density at radius 3 is 2.00 bits per heavy atom. The molecule has 0 bridgehead atoms. The Labute approximate surface area is 232 Å². The number of thioether (sulfide) groups is 1. The fraction of sp³-hybridized carbons (Fsp3) is 0.0938. The van der Waals surface area contributed by atoms with Crippen LogP contribution in [0.25, 0.3) is 6.08 Å². The largest absolute Gasteiger partial charge is 0.494 e. The van der Waals surface area contributed by atoms with Gasteiger partial charge in [0.2, 0.25) is 0 Å². The maximum Gasteiger partial charge on any atom is 0.272 e. The fourth-order valence-electron chi connectivity index (χ4n) is 3.63. The monoisotopic (exact) mass is 536 g/mol. The molecule has 0 atom stereocenters. The highest BCUT2D eigenvalue weighted by atomic mass is 32.2. The van der Waals surface area contributed by atoms with E-state index in [0.29, 0.717) is 29.2 Å². The molecular weight excluding hydrogens is 508 g/mol. The lowest BCUT2D eigenvalue weighted by Gasteiger charge is -2.12. The van der Waals surface area contributed by atoms with Crippen molar-refractivity contribution >= 4 is 41.1 Å². The van der Waals surface area contributed by atoms with Crippen LogP contribution in [0.5, 0.6) is 5.75 Å². The Kier molecular flexibility index (Phi) is 9.69. The van der Waals surface area contributed by atoms with Crippen molar-refractivity contribution in [2.75, 3.05) is 17.7 Å². The number of nitrogens with one attached hydrogen (secondary N) is 2. The standard InChI is InChI=1S/C32H28N2O4S/c1-2-38-27-17-13-23(14-18-27)21-29(34-31(36)25-11-7-4-8-12-25)32(37)33-26-15-19-28(20-16-26)39-22-30(35)24-9-5-3-6-10-24/h3-21H,2,22H2,1H3,(H,33,37)(H,34,36)/b29-21-. The molecule has 0 aromatic heterocycles. The highest BCUT2D eigenvalue weighted by Gasteiger charge is 2.15. The van der Waals surface area contributed by atoms with E-state index in [9.17, 15) is 14.4 Å². The topological polar surface area (TPSA) is 84.5 Å². The Hall–Kier alpha value is -4.62. The van der Waals surface area contributed by atoms with E-state index < -0.39 is 11.8 Å². The van der Waals surface area contributed by atoms with E-state index in [0.717, 1.165) is 16.2 Å². The van der Waals surface area contributed by atoms with Crippen molar-refractivity contribution < 1.29 is 19.1 Å². The summed E-state index contributed by atoms with van der Waals surface area (Å²) in [6.07, 6.45) is 1.62. The van der Waals surface area contributed by atoms with Gasteiger partial charge in [-0.1, -0.05) is 60.7 Å². The van der Waals surface area contributed by atoms with Crippen molar-refractivity contribution in [1.29, 1.82) is 0 Å². The van der Waals surface area contributed by atoms with Gasteiger partial charge < -0.3 is 15.4 Å². The van der Waals surface area contributed by atoms with Crippen LogP contribution >= 0.6 is 11.8 Å². The molecule has 7 heteroatoms. The number of carbonyl (C=O) groups excluding carboxylic acids is 3. The summed E-state index contributed by atoms with van der Waals surface area (Å²) in [5.41, 5.74) is 2.50. The highest BCUT2D eigenvalue weighted by molar-refractivity contribution is 8.00.